The van der Waals surface area contributed by atoms with Gasteiger partial charge in [-0.1, -0.05) is 6.07 Å². The highest BCUT2D eigenvalue weighted by Gasteiger charge is 2.08. The first-order valence-electron chi connectivity index (χ1n) is 6.25. The molecule has 0 fully saturated rings. The quantitative estimate of drug-likeness (QED) is 0.550. The molecule has 0 amide bonds. The predicted molar refractivity (Wildman–Crippen MR) is 72.0 cm³/mol. The van der Waals surface area contributed by atoms with Gasteiger partial charge in [-0.3, -0.25) is 10.1 Å². The molecule has 0 heterocycles. The molecule has 0 aromatic heterocycles. The average molecular weight is 268 g/mol. The van der Waals surface area contributed by atoms with Gasteiger partial charge in [0.1, 0.15) is 0 Å². The smallest absolute Gasteiger partial charge is 0.269 e. The molecule has 1 unspecified atom stereocenters. The molecular formula is C13H20N2O4. The second-order valence-corrected chi connectivity index (χ2v) is 4.31. The summed E-state index contributed by atoms with van der Waals surface area (Å²) in [6.45, 7) is 5.59. The summed E-state index contributed by atoms with van der Waals surface area (Å²) in [5.74, 6) is 0. The Morgan fingerprint density at radius 2 is 2.26 bits per heavy atom. The van der Waals surface area contributed by atoms with E-state index in [0.29, 0.717) is 26.3 Å². The fraction of sp³-hybridized carbons (Fsp3) is 0.538. The number of aliphatic hydroxyl groups is 1. The molecule has 1 atom stereocenters. The van der Waals surface area contributed by atoms with Gasteiger partial charge in [0.05, 0.1) is 17.6 Å². The van der Waals surface area contributed by atoms with Crippen molar-refractivity contribution in [2.45, 2.75) is 26.5 Å². The second-order valence-electron chi connectivity index (χ2n) is 4.31. The van der Waals surface area contributed by atoms with Crippen LogP contribution in [0.2, 0.25) is 0 Å². The van der Waals surface area contributed by atoms with Crippen molar-refractivity contribution in [1.29, 1.82) is 0 Å². The maximum absolute atomic E-state index is 10.6. The van der Waals surface area contributed by atoms with Crippen molar-refractivity contribution >= 4 is 5.69 Å². The van der Waals surface area contributed by atoms with Crippen LogP contribution in [0.1, 0.15) is 18.1 Å². The van der Waals surface area contributed by atoms with Gasteiger partial charge in [-0.2, -0.15) is 0 Å². The standard InChI is InChI=1S/C13H20N2O4/c1-3-19-9-13(16)8-14-7-11-4-5-12(15(17)18)6-10(11)2/h4-6,13-14,16H,3,7-9H2,1-2H3. The highest BCUT2D eigenvalue weighted by Crippen LogP contribution is 2.16. The minimum absolute atomic E-state index is 0.0950. The van der Waals surface area contributed by atoms with Crippen molar-refractivity contribution in [3.05, 3.63) is 39.4 Å². The van der Waals surface area contributed by atoms with E-state index < -0.39 is 11.0 Å². The molecule has 1 aromatic carbocycles. The number of aliphatic hydroxyl groups excluding tert-OH is 1. The number of nitrogens with one attached hydrogen (secondary N) is 1. The zero-order valence-corrected chi connectivity index (χ0v) is 11.3. The summed E-state index contributed by atoms with van der Waals surface area (Å²) in [4.78, 5) is 10.2. The largest absolute Gasteiger partial charge is 0.389 e. The third-order valence-electron chi connectivity index (χ3n) is 2.75. The van der Waals surface area contributed by atoms with Crippen LogP contribution in [0, 0.1) is 17.0 Å². The van der Waals surface area contributed by atoms with Gasteiger partial charge in [-0.05, 0) is 25.0 Å². The van der Waals surface area contributed by atoms with Crippen molar-refractivity contribution in [3.8, 4) is 0 Å². The molecule has 0 spiro atoms. The Labute approximate surface area is 112 Å². The fourth-order valence-electron chi connectivity index (χ4n) is 1.68. The first kappa shape index (κ1) is 15.6. The second kappa shape index (κ2) is 7.83. The van der Waals surface area contributed by atoms with Crippen LogP contribution in [-0.4, -0.2) is 35.9 Å². The molecule has 0 bridgehead atoms. The number of nitrogens with zero attached hydrogens (tertiary/aromatic N) is 1. The molecular weight excluding hydrogens is 248 g/mol. The van der Waals surface area contributed by atoms with Gasteiger partial charge in [0.2, 0.25) is 0 Å². The van der Waals surface area contributed by atoms with Crippen LogP contribution in [-0.2, 0) is 11.3 Å². The lowest BCUT2D eigenvalue weighted by Crippen LogP contribution is -2.30. The minimum Gasteiger partial charge on any atom is -0.389 e. The topological polar surface area (TPSA) is 84.6 Å². The summed E-state index contributed by atoms with van der Waals surface area (Å²) in [5, 5.41) is 23.3. The Bertz CT molecular complexity index is 423. The molecule has 0 aliphatic heterocycles. The molecule has 0 aliphatic carbocycles. The Kier molecular flexibility index (Phi) is 6.41. The molecule has 0 radical (unpaired) electrons. The summed E-state index contributed by atoms with van der Waals surface area (Å²) < 4.78 is 5.10. The number of hydrogen-bond donors (Lipinski definition) is 2. The van der Waals surface area contributed by atoms with Crippen LogP contribution in [0.4, 0.5) is 5.69 Å². The molecule has 106 valence electrons. The highest BCUT2D eigenvalue weighted by molar-refractivity contribution is 5.39. The van der Waals surface area contributed by atoms with Crippen LogP contribution < -0.4 is 5.32 Å². The van der Waals surface area contributed by atoms with Crippen molar-refractivity contribution in [2.75, 3.05) is 19.8 Å². The maximum Gasteiger partial charge on any atom is 0.269 e. The van der Waals surface area contributed by atoms with E-state index in [4.69, 9.17) is 4.74 Å². The monoisotopic (exact) mass is 268 g/mol. The van der Waals surface area contributed by atoms with E-state index in [9.17, 15) is 15.2 Å². The molecule has 0 aliphatic rings. The van der Waals surface area contributed by atoms with E-state index in [-0.39, 0.29) is 5.69 Å². The number of hydrogen-bond acceptors (Lipinski definition) is 5. The lowest BCUT2D eigenvalue weighted by atomic mass is 10.1. The SMILES string of the molecule is CCOCC(O)CNCc1ccc([N+](=O)[O-])cc1C. The van der Waals surface area contributed by atoms with Gasteiger partial charge in [0, 0.05) is 31.8 Å². The van der Waals surface area contributed by atoms with E-state index in [1.807, 2.05) is 13.8 Å². The molecule has 2 N–H and O–H groups in total. The summed E-state index contributed by atoms with van der Waals surface area (Å²) >= 11 is 0. The van der Waals surface area contributed by atoms with Crippen LogP contribution in [0.25, 0.3) is 0 Å². The first-order chi connectivity index (χ1) is 9.04. The van der Waals surface area contributed by atoms with Crippen LogP contribution >= 0.6 is 0 Å². The lowest BCUT2D eigenvalue weighted by Gasteiger charge is -2.12. The van der Waals surface area contributed by atoms with Crippen LogP contribution in [0.15, 0.2) is 18.2 Å². The summed E-state index contributed by atoms with van der Waals surface area (Å²) in [5.41, 5.74) is 1.94. The van der Waals surface area contributed by atoms with Crippen molar-refractivity contribution in [3.63, 3.8) is 0 Å². The Hall–Kier alpha value is -1.50. The molecule has 1 rings (SSSR count). The molecule has 0 saturated carbocycles. The number of ether oxygens (including phenoxy) is 1. The minimum atomic E-state index is -0.543. The number of non-ortho nitro benzene ring substituents is 1. The predicted octanol–water partition coefficient (Wildman–Crippen LogP) is 1.39. The van der Waals surface area contributed by atoms with E-state index in [1.165, 1.54) is 6.07 Å². The van der Waals surface area contributed by atoms with Gasteiger partial charge in [0.15, 0.2) is 0 Å². The molecule has 6 heteroatoms. The first-order valence-corrected chi connectivity index (χ1v) is 6.25. The Balaban J connectivity index is 2.43. The van der Waals surface area contributed by atoms with E-state index in [1.54, 1.807) is 12.1 Å². The Morgan fingerprint density at radius 3 is 2.84 bits per heavy atom. The molecule has 0 saturated heterocycles. The van der Waals surface area contributed by atoms with E-state index in [2.05, 4.69) is 5.32 Å². The van der Waals surface area contributed by atoms with Crippen LogP contribution in [0.5, 0.6) is 0 Å². The molecule has 6 nitrogen and oxygen atoms in total. The van der Waals surface area contributed by atoms with Crippen LogP contribution in [0.3, 0.4) is 0 Å². The van der Waals surface area contributed by atoms with E-state index in [0.717, 1.165) is 11.1 Å². The summed E-state index contributed by atoms with van der Waals surface area (Å²) in [6.07, 6.45) is -0.543. The third kappa shape index (κ3) is 5.34. The van der Waals surface area contributed by atoms with E-state index >= 15 is 0 Å². The number of rotatable bonds is 8. The highest BCUT2D eigenvalue weighted by atomic mass is 16.6. The molecule has 1 aromatic rings. The van der Waals surface area contributed by atoms with Gasteiger partial charge in [-0.15, -0.1) is 0 Å². The average Bonchev–Trinajstić information content (AvgIpc) is 2.38. The fourth-order valence-corrected chi connectivity index (χ4v) is 1.68. The van der Waals surface area contributed by atoms with Crippen molar-refractivity contribution < 1.29 is 14.8 Å². The number of aryl methyl sites for hydroxylation is 1. The third-order valence-corrected chi connectivity index (χ3v) is 2.75. The van der Waals surface area contributed by atoms with Gasteiger partial charge in [-0.25, -0.2) is 0 Å². The van der Waals surface area contributed by atoms with Gasteiger partial charge < -0.3 is 15.2 Å². The summed E-state index contributed by atoms with van der Waals surface area (Å²) in [6, 6.07) is 4.77. The lowest BCUT2D eigenvalue weighted by molar-refractivity contribution is -0.384. The van der Waals surface area contributed by atoms with Gasteiger partial charge in [0.25, 0.3) is 5.69 Å². The van der Waals surface area contributed by atoms with Crippen molar-refractivity contribution in [2.24, 2.45) is 0 Å². The maximum atomic E-state index is 10.6. The zero-order chi connectivity index (χ0) is 14.3. The zero-order valence-electron chi connectivity index (χ0n) is 11.3. The number of nitro groups is 1. The number of benzene rings is 1. The summed E-state index contributed by atoms with van der Waals surface area (Å²) in [7, 11) is 0. The molecule has 19 heavy (non-hydrogen) atoms. The van der Waals surface area contributed by atoms with Crippen molar-refractivity contribution in [1.82, 2.24) is 5.32 Å². The Morgan fingerprint density at radius 1 is 1.53 bits per heavy atom. The normalized spacial score (nSPS) is 12.4. The van der Waals surface area contributed by atoms with Gasteiger partial charge >= 0.3 is 0 Å². The number of nitro benzene ring substituents is 1.